The molecule has 2 aromatic rings. The monoisotopic (exact) mass is 260 g/mol. The highest BCUT2D eigenvalue weighted by Crippen LogP contribution is 2.11. The van der Waals surface area contributed by atoms with E-state index in [2.05, 4.69) is 15.5 Å². The number of anilines is 1. The molecule has 3 N–H and O–H groups in total. The van der Waals surface area contributed by atoms with Gasteiger partial charge in [-0.3, -0.25) is 9.78 Å². The highest BCUT2D eigenvalue weighted by Gasteiger charge is 2.10. The summed E-state index contributed by atoms with van der Waals surface area (Å²) >= 11 is 0. The summed E-state index contributed by atoms with van der Waals surface area (Å²) in [6, 6.07) is 3.47. The number of nitrogens with one attached hydrogen (secondary N) is 1. The van der Waals surface area contributed by atoms with Crippen molar-refractivity contribution in [3.8, 4) is 0 Å². The van der Waals surface area contributed by atoms with Gasteiger partial charge in [0.05, 0.1) is 24.0 Å². The normalized spacial score (nSPS) is 10.4. The molecule has 100 valence electrons. The van der Waals surface area contributed by atoms with Crippen LogP contribution in [0.1, 0.15) is 22.7 Å². The Bertz CT molecular complexity index is 555. The van der Waals surface area contributed by atoms with Gasteiger partial charge in [0.15, 0.2) is 0 Å². The summed E-state index contributed by atoms with van der Waals surface area (Å²) in [5, 5.41) is 6.65. The van der Waals surface area contributed by atoms with Crippen molar-refractivity contribution in [2.24, 2.45) is 0 Å². The van der Waals surface area contributed by atoms with E-state index in [1.54, 1.807) is 12.1 Å². The lowest BCUT2D eigenvalue weighted by Gasteiger charge is -2.04. The first-order chi connectivity index (χ1) is 9.06. The lowest BCUT2D eigenvalue weighted by molar-refractivity contribution is -0.120. The van der Waals surface area contributed by atoms with Crippen LogP contribution in [0.25, 0.3) is 0 Å². The quantitative estimate of drug-likeness (QED) is 0.859. The van der Waals surface area contributed by atoms with E-state index >= 15 is 0 Å². The minimum atomic E-state index is -0.0997. The average molecular weight is 260 g/mol. The highest BCUT2D eigenvalue weighted by molar-refractivity contribution is 5.78. The van der Waals surface area contributed by atoms with E-state index < -0.39 is 0 Å². The summed E-state index contributed by atoms with van der Waals surface area (Å²) in [6.45, 7) is 4.08. The maximum Gasteiger partial charge on any atom is 0.226 e. The van der Waals surface area contributed by atoms with E-state index in [9.17, 15) is 4.79 Å². The molecule has 0 saturated carbocycles. The van der Waals surface area contributed by atoms with Gasteiger partial charge in [-0.05, 0) is 26.0 Å². The Balaban J connectivity index is 1.90. The van der Waals surface area contributed by atoms with E-state index in [0.717, 1.165) is 17.0 Å². The molecule has 6 nitrogen and oxygen atoms in total. The second-order valence-electron chi connectivity index (χ2n) is 4.34. The smallest absolute Gasteiger partial charge is 0.226 e. The molecule has 0 radical (unpaired) electrons. The second-order valence-corrected chi connectivity index (χ2v) is 4.34. The Morgan fingerprint density at radius 3 is 2.79 bits per heavy atom. The third-order valence-electron chi connectivity index (χ3n) is 2.83. The van der Waals surface area contributed by atoms with Gasteiger partial charge < -0.3 is 15.6 Å². The summed E-state index contributed by atoms with van der Waals surface area (Å²) in [5.41, 5.74) is 8.51. The maximum atomic E-state index is 11.8. The van der Waals surface area contributed by atoms with Gasteiger partial charge in [-0.15, -0.1) is 0 Å². The first-order valence-corrected chi connectivity index (χ1v) is 5.95. The number of carbonyl (C=O) groups excluding carboxylic acids is 1. The molecule has 0 aliphatic carbocycles. The largest absolute Gasteiger partial charge is 0.397 e. The molecule has 0 bridgehead atoms. The van der Waals surface area contributed by atoms with Gasteiger partial charge >= 0.3 is 0 Å². The van der Waals surface area contributed by atoms with E-state index in [1.165, 1.54) is 6.20 Å². The van der Waals surface area contributed by atoms with Gasteiger partial charge in [0.2, 0.25) is 5.91 Å². The Morgan fingerprint density at radius 2 is 2.21 bits per heavy atom. The number of hydrogen-bond acceptors (Lipinski definition) is 5. The standard InChI is InChI=1S/C13H16N4O2/c1-8-12(9(2)19-17-8)7-16-13(18)5-11-4-3-10(14)6-15-11/h3-4,6H,5,7,14H2,1-2H3,(H,16,18). The van der Waals surface area contributed by atoms with Crippen LogP contribution < -0.4 is 11.1 Å². The molecule has 19 heavy (non-hydrogen) atoms. The summed E-state index contributed by atoms with van der Waals surface area (Å²) in [5.74, 6) is 0.626. The number of carbonyl (C=O) groups is 1. The number of aryl methyl sites for hydroxylation is 2. The number of aromatic nitrogens is 2. The summed E-state index contributed by atoms with van der Waals surface area (Å²) in [7, 11) is 0. The van der Waals surface area contributed by atoms with Gasteiger partial charge in [-0.1, -0.05) is 5.16 Å². The fraction of sp³-hybridized carbons (Fsp3) is 0.308. The molecule has 6 heteroatoms. The zero-order chi connectivity index (χ0) is 13.8. The summed E-state index contributed by atoms with van der Waals surface area (Å²) < 4.78 is 5.03. The highest BCUT2D eigenvalue weighted by atomic mass is 16.5. The first kappa shape index (κ1) is 13.1. The van der Waals surface area contributed by atoms with E-state index in [1.807, 2.05) is 13.8 Å². The third-order valence-corrected chi connectivity index (χ3v) is 2.83. The number of nitrogens with zero attached hydrogens (tertiary/aromatic N) is 2. The van der Waals surface area contributed by atoms with Crippen LogP contribution >= 0.6 is 0 Å². The predicted octanol–water partition coefficient (Wildman–Crippen LogP) is 1.13. The molecule has 1 amide bonds. The molecular weight excluding hydrogens is 244 g/mol. The first-order valence-electron chi connectivity index (χ1n) is 5.95. The zero-order valence-electron chi connectivity index (χ0n) is 10.9. The maximum absolute atomic E-state index is 11.8. The molecule has 0 fully saturated rings. The summed E-state index contributed by atoms with van der Waals surface area (Å²) in [4.78, 5) is 15.9. The molecule has 2 aromatic heterocycles. The second kappa shape index (κ2) is 5.51. The van der Waals surface area contributed by atoms with Gasteiger partial charge in [-0.25, -0.2) is 0 Å². The number of pyridine rings is 1. The fourth-order valence-corrected chi connectivity index (χ4v) is 1.71. The number of amides is 1. The van der Waals surface area contributed by atoms with Crippen molar-refractivity contribution in [2.75, 3.05) is 5.73 Å². The van der Waals surface area contributed by atoms with Crippen molar-refractivity contribution in [2.45, 2.75) is 26.8 Å². The van der Waals surface area contributed by atoms with Crippen LogP contribution in [0, 0.1) is 13.8 Å². The minimum absolute atomic E-state index is 0.0997. The zero-order valence-corrected chi connectivity index (χ0v) is 10.9. The number of hydrogen-bond donors (Lipinski definition) is 2. The average Bonchev–Trinajstić information content (AvgIpc) is 2.70. The van der Waals surface area contributed by atoms with Crippen molar-refractivity contribution in [1.82, 2.24) is 15.5 Å². The number of nitrogen functional groups attached to an aromatic ring is 1. The number of rotatable bonds is 4. The SMILES string of the molecule is Cc1noc(C)c1CNC(=O)Cc1ccc(N)cn1. The number of nitrogens with two attached hydrogens (primary N) is 1. The molecule has 0 aliphatic rings. The fourth-order valence-electron chi connectivity index (χ4n) is 1.71. The van der Waals surface area contributed by atoms with Crippen LogP contribution in [0.15, 0.2) is 22.9 Å². The van der Waals surface area contributed by atoms with Crippen molar-refractivity contribution >= 4 is 11.6 Å². The Hall–Kier alpha value is -2.37. The molecular formula is C13H16N4O2. The van der Waals surface area contributed by atoms with E-state index in [4.69, 9.17) is 10.3 Å². The molecule has 0 aromatic carbocycles. The lowest BCUT2D eigenvalue weighted by Crippen LogP contribution is -2.25. The van der Waals surface area contributed by atoms with Gasteiger partial charge in [-0.2, -0.15) is 0 Å². The van der Waals surface area contributed by atoms with Crippen molar-refractivity contribution in [3.05, 3.63) is 41.0 Å². The molecule has 0 aliphatic heterocycles. The Labute approximate surface area is 111 Å². The molecule has 2 rings (SSSR count). The van der Waals surface area contributed by atoms with Crippen LogP contribution in [0.4, 0.5) is 5.69 Å². The van der Waals surface area contributed by atoms with Crippen LogP contribution in [-0.4, -0.2) is 16.0 Å². The van der Waals surface area contributed by atoms with Gasteiger partial charge in [0.25, 0.3) is 0 Å². The molecule has 0 saturated heterocycles. The lowest BCUT2D eigenvalue weighted by atomic mass is 10.2. The van der Waals surface area contributed by atoms with Crippen molar-refractivity contribution in [3.63, 3.8) is 0 Å². The third kappa shape index (κ3) is 3.31. The van der Waals surface area contributed by atoms with Crippen LogP contribution in [0.5, 0.6) is 0 Å². The van der Waals surface area contributed by atoms with Crippen molar-refractivity contribution < 1.29 is 9.32 Å². The molecule has 0 unspecified atom stereocenters. The Kier molecular flexibility index (Phi) is 3.79. The predicted molar refractivity (Wildman–Crippen MR) is 70.2 cm³/mol. The molecule has 2 heterocycles. The topological polar surface area (TPSA) is 94.0 Å². The Morgan fingerprint density at radius 1 is 1.42 bits per heavy atom. The minimum Gasteiger partial charge on any atom is -0.397 e. The van der Waals surface area contributed by atoms with E-state index in [0.29, 0.717) is 17.9 Å². The van der Waals surface area contributed by atoms with Crippen molar-refractivity contribution in [1.29, 1.82) is 0 Å². The van der Waals surface area contributed by atoms with Gasteiger partial charge in [0.1, 0.15) is 5.76 Å². The van der Waals surface area contributed by atoms with Crippen LogP contribution in [0.2, 0.25) is 0 Å². The van der Waals surface area contributed by atoms with Crippen LogP contribution in [0.3, 0.4) is 0 Å². The van der Waals surface area contributed by atoms with Crippen LogP contribution in [-0.2, 0) is 17.8 Å². The molecule has 0 atom stereocenters. The summed E-state index contributed by atoms with van der Waals surface area (Å²) in [6.07, 6.45) is 1.76. The van der Waals surface area contributed by atoms with E-state index in [-0.39, 0.29) is 12.3 Å². The van der Waals surface area contributed by atoms with Gasteiger partial charge in [0, 0.05) is 17.8 Å². The molecule has 0 spiro atoms.